The molecule has 0 aromatic carbocycles. The van der Waals surface area contributed by atoms with E-state index in [1.54, 1.807) is 0 Å². The zero-order valence-electron chi connectivity index (χ0n) is 11.6. The highest BCUT2D eigenvalue weighted by molar-refractivity contribution is 7.09. The first kappa shape index (κ1) is 14.7. The third-order valence-electron chi connectivity index (χ3n) is 2.85. The summed E-state index contributed by atoms with van der Waals surface area (Å²) in [5.74, 6) is 0.706. The van der Waals surface area contributed by atoms with E-state index in [4.69, 9.17) is 0 Å². The van der Waals surface area contributed by atoms with Gasteiger partial charge in [0.15, 0.2) is 0 Å². The van der Waals surface area contributed by atoms with Crippen LogP contribution in [0.3, 0.4) is 0 Å². The second kappa shape index (κ2) is 7.85. The standard InChI is InChI=1S/C14H26N2S/c1-5-16(11-14-7-6-8-17-14)10-13(4)9-15-12(2)3/h6-8,12-13,15H,5,9-11H2,1-4H3. The third-order valence-corrected chi connectivity index (χ3v) is 3.71. The third kappa shape index (κ3) is 6.20. The lowest BCUT2D eigenvalue weighted by Gasteiger charge is -2.24. The van der Waals surface area contributed by atoms with Gasteiger partial charge < -0.3 is 5.32 Å². The second-order valence-corrected chi connectivity index (χ2v) is 6.11. The zero-order valence-corrected chi connectivity index (χ0v) is 12.4. The van der Waals surface area contributed by atoms with Crippen LogP contribution < -0.4 is 5.32 Å². The van der Waals surface area contributed by atoms with Crippen LogP contribution in [0.25, 0.3) is 0 Å². The van der Waals surface area contributed by atoms with Crippen LogP contribution >= 0.6 is 11.3 Å². The molecule has 98 valence electrons. The largest absolute Gasteiger partial charge is 0.314 e. The normalized spacial score (nSPS) is 13.5. The number of nitrogens with one attached hydrogen (secondary N) is 1. The second-order valence-electron chi connectivity index (χ2n) is 5.08. The van der Waals surface area contributed by atoms with Crippen LogP contribution in [0.4, 0.5) is 0 Å². The minimum Gasteiger partial charge on any atom is -0.314 e. The van der Waals surface area contributed by atoms with E-state index >= 15 is 0 Å². The Morgan fingerprint density at radius 2 is 2.12 bits per heavy atom. The van der Waals surface area contributed by atoms with E-state index in [0.717, 1.165) is 19.6 Å². The average Bonchev–Trinajstić information content (AvgIpc) is 2.78. The van der Waals surface area contributed by atoms with Gasteiger partial charge in [-0.25, -0.2) is 0 Å². The van der Waals surface area contributed by atoms with Gasteiger partial charge in [0.05, 0.1) is 0 Å². The lowest BCUT2D eigenvalue weighted by Crippen LogP contribution is -2.35. The molecule has 1 rings (SSSR count). The van der Waals surface area contributed by atoms with Crippen LogP contribution in [-0.4, -0.2) is 30.6 Å². The van der Waals surface area contributed by atoms with Gasteiger partial charge >= 0.3 is 0 Å². The van der Waals surface area contributed by atoms with Gasteiger partial charge in [0.2, 0.25) is 0 Å². The monoisotopic (exact) mass is 254 g/mol. The molecule has 17 heavy (non-hydrogen) atoms. The molecule has 0 aliphatic rings. The molecule has 0 saturated carbocycles. The SMILES string of the molecule is CCN(Cc1cccs1)CC(C)CNC(C)C. The van der Waals surface area contributed by atoms with E-state index in [-0.39, 0.29) is 0 Å². The molecule has 0 spiro atoms. The van der Waals surface area contributed by atoms with Gasteiger partial charge in [0.25, 0.3) is 0 Å². The fourth-order valence-electron chi connectivity index (χ4n) is 1.87. The molecule has 1 unspecified atom stereocenters. The van der Waals surface area contributed by atoms with E-state index < -0.39 is 0 Å². The van der Waals surface area contributed by atoms with Crippen molar-refractivity contribution in [2.24, 2.45) is 5.92 Å². The fraction of sp³-hybridized carbons (Fsp3) is 0.714. The van der Waals surface area contributed by atoms with Crippen molar-refractivity contribution in [3.8, 4) is 0 Å². The maximum absolute atomic E-state index is 3.51. The highest BCUT2D eigenvalue weighted by Crippen LogP contribution is 2.12. The minimum absolute atomic E-state index is 0.588. The summed E-state index contributed by atoms with van der Waals surface area (Å²) in [5.41, 5.74) is 0. The van der Waals surface area contributed by atoms with Crippen molar-refractivity contribution in [2.75, 3.05) is 19.6 Å². The molecular weight excluding hydrogens is 228 g/mol. The highest BCUT2D eigenvalue weighted by atomic mass is 32.1. The van der Waals surface area contributed by atoms with Crippen molar-refractivity contribution in [1.82, 2.24) is 10.2 Å². The Morgan fingerprint density at radius 1 is 1.35 bits per heavy atom. The molecule has 0 bridgehead atoms. The van der Waals surface area contributed by atoms with Crippen molar-refractivity contribution in [3.63, 3.8) is 0 Å². The highest BCUT2D eigenvalue weighted by Gasteiger charge is 2.10. The molecular formula is C14H26N2S. The molecule has 0 aliphatic heterocycles. The zero-order chi connectivity index (χ0) is 12.7. The maximum Gasteiger partial charge on any atom is 0.0327 e. The van der Waals surface area contributed by atoms with Gasteiger partial charge in [-0.2, -0.15) is 0 Å². The van der Waals surface area contributed by atoms with Crippen molar-refractivity contribution in [2.45, 2.75) is 40.3 Å². The van der Waals surface area contributed by atoms with Gasteiger partial charge in [-0.3, -0.25) is 4.90 Å². The van der Waals surface area contributed by atoms with E-state index in [0.29, 0.717) is 12.0 Å². The minimum atomic E-state index is 0.588. The quantitative estimate of drug-likeness (QED) is 0.766. The van der Waals surface area contributed by atoms with E-state index in [2.05, 4.69) is 55.4 Å². The van der Waals surface area contributed by atoms with Crippen LogP contribution in [0.5, 0.6) is 0 Å². The molecule has 0 radical (unpaired) electrons. The molecule has 1 aromatic heterocycles. The van der Waals surface area contributed by atoms with Gasteiger partial charge in [-0.15, -0.1) is 11.3 Å². The molecule has 3 heteroatoms. The van der Waals surface area contributed by atoms with Crippen molar-refractivity contribution < 1.29 is 0 Å². The molecule has 0 saturated heterocycles. The Bertz CT molecular complexity index is 282. The molecule has 1 aromatic rings. The Labute approximate surface area is 110 Å². The predicted molar refractivity (Wildman–Crippen MR) is 77.6 cm³/mol. The fourth-order valence-corrected chi connectivity index (χ4v) is 2.62. The summed E-state index contributed by atoms with van der Waals surface area (Å²) in [4.78, 5) is 3.99. The molecule has 0 aliphatic carbocycles. The van der Waals surface area contributed by atoms with Crippen molar-refractivity contribution in [3.05, 3.63) is 22.4 Å². The summed E-state index contributed by atoms with van der Waals surface area (Å²) >= 11 is 1.85. The summed E-state index contributed by atoms with van der Waals surface area (Å²) < 4.78 is 0. The molecule has 0 fully saturated rings. The smallest absolute Gasteiger partial charge is 0.0327 e. The van der Waals surface area contributed by atoms with Crippen LogP contribution in [-0.2, 0) is 6.54 Å². The van der Waals surface area contributed by atoms with Crippen molar-refractivity contribution in [1.29, 1.82) is 0 Å². The summed E-state index contributed by atoms with van der Waals surface area (Å²) in [6, 6.07) is 4.95. The van der Waals surface area contributed by atoms with E-state index in [1.165, 1.54) is 11.4 Å². The number of hydrogen-bond donors (Lipinski definition) is 1. The van der Waals surface area contributed by atoms with Crippen LogP contribution in [0, 0.1) is 5.92 Å². The summed E-state index contributed by atoms with van der Waals surface area (Å²) in [5, 5.41) is 5.67. The molecule has 1 heterocycles. The van der Waals surface area contributed by atoms with E-state index in [1.807, 2.05) is 11.3 Å². The first-order valence-electron chi connectivity index (χ1n) is 6.60. The van der Waals surface area contributed by atoms with Gasteiger partial charge in [0, 0.05) is 24.0 Å². The predicted octanol–water partition coefficient (Wildman–Crippen LogP) is 3.20. The molecule has 1 atom stereocenters. The van der Waals surface area contributed by atoms with Crippen LogP contribution in [0.15, 0.2) is 17.5 Å². The first-order chi connectivity index (χ1) is 8.11. The van der Waals surface area contributed by atoms with Gasteiger partial charge in [-0.05, 0) is 30.5 Å². The average molecular weight is 254 g/mol. The van der Waals surface area contributed by atoms with Crippen molar-refractivity contribution >= 4 is 11.3 Å². The van der Waals surface area contributed by atoms with Gasteiger partial charge in [0.1, 0.15) is 0 Å². The lowest BCUT2D eigenvalue weighted by atomic mass is 10.1. The lowest BCUT2D eigenvalue weighted by molar-refractivity contribution is 0.237. The summed E-state index contributed by atoms with van der Waals surface area (Å²) in [7, 11) is 0. The molecule has 2 nitrogen and oxygen atoms in total. The summed E-state index contributed by atoms with van der Waals surface area (Å²) in [6.07, 6.45) is 0. The molecule has 0 amide bonds. The maximum atomic E-state index is 3.51. The Morgan fingerprint density at radius 3 is 2.65 bits per heavy atom. The Balaban J connectivity index is 2.30. The van der Waals surface area contributed by atoms with E-state index in [9.17, 15) is 0 Å². The van der Waals surface area contributed by atoms with Gasteiger partial charge in [-0.1, -0.05) is 33.8 Å². The Hall–Kier alpha value is -0.380. The summed E-state index contributed by atoms with van der Waals surface area (Å²) in [6.45, 7) is 13.5. The number of thiophene rings is 1. The number of hydrogen-bond acceptors (Lipinski definition) is 3. The topological polar surface area (TPSA) is 15.3 Å². The Kier molecular flexibility index (Phi) is 6.78. The number of nitrogens with zero attached hydrogens (tertiary/aromatic N) is 1. The molecule has 1 N–H and O–H groups in total. The first-order valence-corrected chi connectivity index (χ1v) is 7.47. The number of rotatable bonds is 8. The van der Waals surface area contributed by atoms with Crippen LogP contribution in [0.1, 0.15) is 32.6 Å². The van der Waals surface area contributed by atoms with Crippen LogP contribution in [0.2, 0.25) is 0 Å².